The minimum atomic E-state index is 0.266. The largest absolute Gasteiger partial charge is 0.472 e. The molecule has 0 aliphatic heterocycles. The molecule has 1 N–H and O–H groups in total. The number of fused-ring (bicyclic) bond motifs is 1. The first-order valence-electron chi connectivity index (χ1n) is 7.01. The molecule has 3 rings (SSSR count). The molecular formula is C18H19NO. The molecule has 1 heterocycles. The van der Waals surface area contributed by atoms with E-state index in [1.54, 1.807) is 12.5 Å². The smallest absolute Gasteiger partial charge is 0.0950 e. The maximum absolute atomic E-state index is 5.15. The van der Waals surface area contributed by atoms with Gasteiger partial charge in [-0.25, -0.2) is 0 Å². The lowest BCUT2D eigenvalue weighted by Crippen LogP contribution is -2.22. The summed E-state index contributed by atoms with van der Waals surface area (Å²) >= 11 is 0. The van der Waals surface area contributed by atoms with Crippen molar-refractivity contribution in [3.8, 4) is 0 Å². The van der Waals surface area contributed by atoms with Gasteiger partial charge in [0.2, 0.25) is 0 Å². The summed E-state index contributed by atoms with van der Waals surface area (Å²) in [6.07, 6.45) is 3.52. The molecule has 0 aliphatic carbocycles. The molecule has 0 aliphatic rings. The Morgan fingerprint density at radius 2 is 1.70 bits per heavy atom. The van der Waals surface area contributed by atoms with Crippen LogP contribution in [0.5, 0.6) is 0 Å². The molecular weight excluding hydrogens is 246 g/mol. The highest BCUT2D eigenvalue weighted by Crippen LogP contribution is 2.26. The van der Waals surface area contributed by atoms with E-state index in [1.807, 2.05) is 6.07 Å². The highest BCUT2D eigenvalue weighted by Gasteiger charge is 2.13. The Balaban J connectivity index is 1.87. The standard InChI is InChI=1S/C18H19NO/c1-13(16-10-11-20-12-16)19-14(2)17-9-5-7-15-6-3-4-8-18(15)17/h3-14,19H,1-2H3. The number of rotatable bonds is 4. The second-order valence-electron chi connectivity index (χ2n) is 5.24. The summed E-state index contributed by atoms with van der Waals surface area (Å²) in [4.78, 5) is 0. The van der Waals surface area contributed by atoms with Crippen LogP contribution in [0.15, 0.2) is 65.5 Å². The van der Waals surface area contributed by atoms with Crippen LogP contribution in [0.2, 0.25) is 0 Å². The predicted octanol–water partition coefficient (Wildman–Crippen LogP) is 4.84. The minimum Gasteiger partial charge on any atom is -0.472 e. The van der Waals surface area contributed by atoms with Gasteiger partial charge in [0, 0.05) is 17.6 Å². The van der Waals surface area contributed by atoms with Crippen molar-refractivity contribution in [1.29, 1.82) is 0 Å². The number of furan rings is 1. The van der Waals surface area contributed by atoms with E-state index in [4.69, 9.17) is 4.42 Å². The Hall–Kier alpha value is -2.06. The monoisotopic (exact) mass is 265 g/mol. The molecule has 2 nitrogen and oxygen atoms in total. The first kappa shape index (κ1) is 12.9. The molecule has 20 heavy (non-hydrogen) atoms. The summed E-state index contributed by atoms with van der Waals surface area (Å²) in [5.41, 5.74) is 2.51. The van der Waals surface area contributed by atoms with Gasteiger partial charge in [-0.1, -0.05) is 42.5 Å². The van der Waals surface area contributed by atoms with E-state index in [1.165, 1.54) is 21.9 Å². The maximum atomic E-state index is 5.15. The SMILES string of the molecule is CC(NC(C)c1cccc2ccccc12)c1ccoc1. The second kappa shape index (κ2) is 5.51. The summed E-state index contributed by atoms with van der Waals surface area (Å²) < 4.78 is 5.15. The molecule has 0 spiro atoms. The first-order valence-corrected chi connectivity index (χ1v) is 7.01. The zero-order valence-corrected chi connectivity index (χ0v) is 11.8. The van der Waals surface area contributed by atoms with Gasteiger partial charge in [-0.3, -0.25) is 0 Å². The van der Waals surface area contributed by atoms with Crippen molar-refractivity contribution >= 4 is 10.8 Å². The lowest BCUT2D eigenvalue weighted by molar-refractivity contribution is 0.488. The van der Waals surface area contributed by atoms with Crippen molar-refractivity contribution < 1.29 is 4.42 Å². The molecule has 0 saturated heterocycles. The lowest BCUT2D eigenvalue weighted by atomic mass is 9.99. The highest BCUT2D eigenvalue weighted by atomic mass is 16.3. The second-order valence-corrected chi connectivity index (χ2v) is 5.24. The molecule has 0 radical (unpaired) electrons. The van der Waals surface area contributed by atoms with E-state index < -0.39 is 0 Å². The average Bonchev–Trinajstić information content (AvgIpc) is 3.01. The van der Waals surface area contributed by atoms with Crippen molar-refractivity contribution in [2.45, 2.75) is 25.9 Å². The van der Waals surface area contributed by atoms with Crippen LogP contribution in [0.3, 0.4) is 0 Å². The molecule has 0 amide bonds. The van der Waals surface area contributed by atoms with Crippen LogP contribution < -0.4 is 5.32 Å². The Labute approximate surface area is 119 Å². The van der Waals surface area contributed by atoms with Crippen molar-refractivity contribution in [3.63, 3.8) is 0 Å². The fourth-order valence-electron chi connectivity index (χ4n) is 2.71. The minimum absolute atomic E-state index is 0.266. The number of hydrogen-bond donors (Lipinski definition) is 1. The van der Waals surface area contributed by atoms with Crippen molar-refractivity contribution in [3.05, 3.63) is 72.2 Å². The van der Waals surface area contributed by atoms with Crippen molar-refractivity contribution in [1.82, 2.24) is 5.32 Å². The molecule has 2 heteroatoms. The Kier molecular flexibility index (Phi) is 3.57. The van der Waals surface area contributed by atoms with Crippen molar-refractivity contribution in [2.24, 2.45) is 0 Å². The van der Waals surface area contributed by atoms with Gasteiger partial charge in [0.05, 0.1) is 12.5 Å². The topological polar surface area (TPSA) is 25.2 Å². The fraction of sp³-hybridized carbons (Fsp3) is 0.222. The van der Waals surface area contributed by atoms with E-state index in [-0.39, 0.29) is 12.1 Å². The molecule has 2 atom stereocenters. The molecule has 102 valence electrons. The number of nitrogens with one attached hydrogen (secondary N) is 1. The van der Waals surface area contributed by atoms with E-state index in [0.29, 0.717) is 0 Å². The van der Waals surface area contributed by atoms with Crippen LogP contribution in [0.25, 0.3) is 10.8 Å². The quantitative estimate of drug-likeness (QED) is 0.730. The fourth-order valence-corrected chi connectivity index (χ4v) is 2.71. The van der Waals surface area contributed by atoms with Crippen LogP contribution in [-0.4, -0.2) is 0 Å². The van der Waals surface area contributed by atoms with Gasteiger partial charge in [-0.15, -0.1) is 0 Å². The third-order valence-electron chi connectivity index (χ3n) is 3.83. The van der Waals surface area contributed by atoms with Gasteiger partial charge in [0.25, 0.3) is 0 Å². The zero-order valence-electron chi connectivity index (χ0n) is 11.8. The van der Waals surface area contributed by atoms with E-state index >= 15 is 0 Å². The summed E-state index contributed by atoms with van der Waals surface area (Å²) in [7, 11) is 0. The number of hydrogen-bond acceptors (Lipinski definition) is 2. The molecule has 0 saturated carbocycles. The van der Waals surface area contributed by atoms with Crippen LogP contribution in [0.1, 0.15) is 37.1 Å². The molecule has 0 fully saturated rings. The Morgan fingerprint density at radius 1 is 0.900 bits per heavy atom. The normalized spacial score (nSPS) is 14.3. The van der Waals surface area contributed by atoms with Gasteiger partial charge in [0.15, 0.2) is 0 Å². The highest BCUT2D eigenvalue weighted by molar-refractivity contribution is 5.86. The lowest BCUT2D eigenvalue weighted by Gasteiger charge is -2.21. The van der Waals surface area contributed by atoms with Crippen LogP contribution in [0, 0.1) is 0 Å². The summed E-state index contributed by atoms with van der Waals surface area (Å²) in [6.45, 7) is 4.37. The average molecular weight is 265 g/mol. The molecule has 3 aromatic rings. The molecule has 2 aromatic carbocycles. The van der Waals surface area contributed by atoms with E-state index in [9.17, 15) is 0 Å². The van der Waals surface area contributed by atoms with Gasteiger partial charge in [-0.2, -0.15) is 0 Å². The van der Waals surface area contributed by atoms with Crippen molar-refractivity contribution in [2.75, 3.05) is 0 Å². The van der Waals surface area contributed by atoms with E-state index in [2.05, 4.69) is 61.6 Å². The maximum Gasteiger partial charge on any atom is 0.0950 e. The first-order chi connectivity index (χ1) is 9.75. The summed E-state index contributed by atoms with van der Waals surface area (Å²) in [5.74, 6) is 0. The summed E-state index contributed by atoms with van der Waals surface area (Å²) in [5, 5.41) is 6.23. The van der Waals surface area contributed by atoms with Gasteiger partial charge < -0.3 is 9.73 Å². The van der Waals surface area contributed by atoms with Crippen LogP contribution in [-0.2, 0) is 0 Å². The molecule has 1 aromatic heterocycles. The molecule has 0 bridgehead atoms. The third-order valence-corrected chi connectivity index (χ3v) is 3.83. The van der Waals surface area contributed by atoms with Gasteiger partial charge >= 0.3 is 0 Å². The zero-order chi connectivity index (χ0) is 13.9. The third kappa shape index (κ3) is 2.47. The molecule has 2 unspecified atom stereocenters. The van der Waals surface area contributed by atoms with Crippen LogP contribution >= 0.6 is 0 Å². The van der Waals surface area contributed by atoms with Gasteiger partial charge in [-0.05, 0) is 36.2 Å². The summed E-state index contributed by atoms with van der Waals surface area (Å²) in [6, 6.07) is 17.6. The predicted molar refractivity (Wildman–Crippen MR) is 82.6 cm³/mol. The Bertz CT molecular complexity index is 682. The van der Waals surface area contributed by atoms with Crippen LogP contribution in [0.4, 0.5) is 0 Å². The Morgan fingerprint density at radius 3 is 2.50 bits per heavy atom. The van der Waals surface area contributed by atoms with Gasteiger partial charge in [0.1, 0.15) is 0 Å². The number of benzene rings is 2. The van der Waals surface area contributed by atoms with E-state index in [0.717, 1.165) is 0 Å².